The molecule has 8 heteroatoms. The van der Waals surface area contributed by atoms with Gasteiger partial charge in [-0.2, -0.15) is 17.0 Å². The van der Waals surface area contributed by atoms with E-state index < -0.39 is 10.2 Å². The fraction of sp³-hybridized carbons (Fsp3) is 0.682. The topological polar surface area (TPSA) is 70.2 Å². The highest BCUT2D eigenvalue weighted by atomic mass is 32.2. The quantitative estimate of drug-likeness (QED) is 0.660. The predicted octanol–water partition coefficient (Wildman–Crippen LogP) is 2.74. The van der Waals surface area contributed by atoms with Crippen LogP contribution in [-0.4, -0.2) is 73.7 Å². The molecular weight excluding hydrogens is 402 g/mol. The van der Waals surface area contributed by atoms with Crippen LogP contribution in [0.1, 0.15) is 55.3 Å². The van der Waals surface area contributed by atoms with Crippen LogP contribution in [0, 0.1) is 5.92 Å². The number of nitrogens with zero attached hydrogens (tertiary/aromatic N) is 3. The van der Waals surface area contributed by atoms with Crippen LogP contribution in [-0.2, 0) is 10.2 Å². The average Bonchev–Trinajstić information content (AvgIpc) is 3.62. The molecule has 0 radical (unpaired) electrons. The zero-order chi connectivity index (χ0) is 21.1. The first kappa shape index (κ1) is 21.6. The minimum Gasteiger partial charge on any atom is -0.493 e. The number of carbonyl (C=O) groups excluding carboxylic acids is 1. The number of hydrogen-bond acceptors (Lipinski definition) is 4. The van der Waals surface area contributed by atoms with Gasteiger partial charge in [-0.1, -0.05) is 19.3 Å². The summed E-state index contributed by atoms with van der Waals surface area (Å²) in [5.41, 5.74) is 0.615. The molecule has 30 heavy (non-hydrogen) atoms. The lowest BCUT2D eigenvalue weighted by molar-refractivity contribution is 0.0693. The highest BCUT2D eigenvalue weighted by molar-refractivity contribution is 7.86. The van der Waals surface area contributed by atoms with Crippen LogP contribution < -0.4 is 4.74 Å². The molecule has 0 spiro atoms. The van der Waals surface area contributed by atoms with Crippen LogP contribution >= 0.6 is 0 Å². The minimum absolute atomic E-state index is 0.0542. The highest BCUT2D eigenvalue weighted by Crippen LogP contribution is 2.29. The number of piperazine rings is 1. The van der Waals surface area contributed by atoms with Crippen molar-refractivity contribution in [3.63, 3.8) is 0 Å². The van der Waals surface area contributed by atoms with Gasteiger partial charge in [0.2, 0.25) is 0 Å². The lowest BCUT2D eigenvalue weighted by Crippen LogP contribution is -2.55. The van der Waals surface area contributed by atoms with Crippen LogP contribution in [0.4, 0.5) is 0 Å². The van der Waals surface area contributed by atoms with E-state index in [-0.39, 0.29) is 11.9 Å². The van der Waals surface area contributed by atoms with E-state index in [0.717, 1.165) is 38.0 Å². The molecule has 1 aromatic rings. The van der Waals surface area contributed by atoms with E-state index in [1.54, 1.807) is 28.4 Å². The van der Waals surface area contributed by atoms with Gasteiger partial charge in [0.15, 0.2) is 0 Å². The van der Waals surface area contributed by atoms with E-state index in [4.69, 9.17) is 4.74 Å². The summed E-state index contributed by atoms with van der Waals surface area (Å²) in [4.78, 5) is 14.6. The molecule has 7 nitrogen and oxygen atoms in total. The van der Waals surface area contributed by atoms with Crippen LogP contribution in [0.3, 0.4) is 0 Å². The van der Waals surface area contributed by atoms with E-state index in [0.29, 0.717) is 37.7 Å². The van der Waals surface area contributed by atoms with Gasteiger partial charge in [0.1, 0.15) is 5.75 Å². The molecule has 0 atom stereocenters. The van der Waals surface area contributed by atoms with Gasteiger partial charge in [-0.15, -0.1) is 0 Å². The molecule has 0 unspecified atom stereocenters. The van der Waals surface area contributed by atoms with Crippen molar-refractivity contribution >= 4 is 16.1 Å². The summed E-state index contributed by atoms with van der Waals surface area (Å²) in [6.45, 7) is 2.26. The first-order valence-corrected chi connectivity index (χ1v) is 12.6. The van der Waals surface area contributed by atoms with Crippen LogP contribution in [0.15, 0.2) is 24.3 Å². The maximum Gasteiger partial charge on any atom is 0.282 e. The largest absolute Gasteiger partial charge is 0.493 e. The molecule has 0 N–H and O–H groups in total. The molecule has 1 amide bonds. The van der Waals surface area contributed by atoms with Crippen molar-refractivity contribution in [2.75, 3.05) is 39.8 Å². The van der Waals surface area contributed by atoms with Gasteiger partial charge in [-0.3, -0.25) is 4.79 Å². The molecular formula is C22H33N3O4S. The standard InChI is InChI=1S/C22H33N3O4S/c1-23(20-5-3-2-4-6-20)30(27,28)25-15-13-24(14-16-25)22(26)19-9-11-21(12-10-19)29-17-18-7-8-18/h9-12,18,20H,2-8,13-17H2,1H3. The number of carbonyl (C=O) groups is 1. The van der Waals surface area contributed by atoms with Crippen molar-refractivity contribution in [2.45, 2.75) is 51.0 Å². The summed E-state index contributed by atoms with van der Waals surface area (Å²) < 4.78 is 34.9. The maximum absolute atomic E-state index is 13.0. The fourth-order valence-electron chi connectivity index (χ4n) is 4.31. The van der Waals surface area contributed by atoms with E-state index in [2.05, 4.69) is 0 Å². The van der Waals surface area contributed by atoms with Crippen molar-refractivity contribution in [3.8, 4) is 5.75 Å². The molecule has 4 rings (SSSR count). The summed E-state index contributed by atoms with van der Waals surface area (Å²) in [7, 11) is -1.77. The SMILES string of the molecule is CN(C1CCCCC1)S(=O)(=O)N1CCN(C(=O)c2ccc(OCC3CC3)cc2)CC1. The average molecular weight is 436 g/mol. The third-order valence-electron chi connectivity index (χ3n) is 6.59. The Kier molecular flexibility index (Phi) is 6.65. The van der Waals surface area contributed by atoms with Gasteiger partial charge in [0.05, 0.1) is 6.61 Å². The Morgan fingerprint density at radius 2 is 1.63 bits per heavy atom. The Morgan fingerprint density at radius 1 is 1.00 bits per heavy atom. The Morgan fingerprint density at radius 3 is 2.23 bits per heavy atom. The number of rotatable bonds is 7. The third kappa shape index (κ3) is 4.98. The second kappa shape index (κ2) is 9.24. The molecule has 1 aromatic carbocycles. The molecule has 166 valence electrons. The number of ether oxygens (including phenoxy) is 1. The van der Waals surface area contributed by atoms with Gasteiger partial charge in [0.25, 0.3) is 16.1 Å². The molecule has 0 bridgehead atoms. The smallest absolute Gasteiger partial charge is 0.282 e. The second-order valence-electron chi connectivity index (χ2n) is 8.79. The monoisotopic (exact) mass is 435 g/mol. The van der Waals surface area contributed by atoms with E-state index in [9.17, 15) is 13.2 Å². The molecule has 1 heterocycles. The molecule has 3 fully saturated rings. The van der Waals surface area contributed by atoms with Crippen molar-refractivity contribution in [3.05, 3.63) is 29.8 Å². The minimum atomic E-state index is -3.48. The number of hydrogen-bond donors (Lipinski definition) is 0. The summed E-state index contributed by atoms with van der Waals surface area (Å²) in [6.07, 6.45) is 7.75. The van der Waals surface area contributed by atoms with Gasteiger partial charge in [-0.05, 0) is 55.9 Å². The Labute approximate surface area is 180 Å². The predicted molar refractivity (Wildman–Crippen MR) is 116 cm³/mol. The van der Waals surface area contributed by atoms with Crippen LogP contribution in [0.5, 0.6) is 5.75 Å². The van der Waals surface area contributed by atoms with Gasteiger partial charge < -0.3 is 9.64 Å². The van der Waals surface area contributed by atoms with Crippen molar-refractivity contribution in [2.24, 2.45) is 5.92 Å². The zero-order valence-electron chi connectivity index (χ0n) is 17.8. The first-order valence-electron chi connectivity index (χ1n) is 11.2. The van der Waals surface area contributed by atoms with Gasteiger partial charge in [0, 0.05) is 44.8 Å². The zero-order valence-corrected chi connectivity index (χ0v) is 18.6. The Hall–Kier alpha value is -1.64. The highest BCUT2D eigenvalue weighted by Gasteiger charge is 2.35. The van der Waals surface area contributed by atoms with E-state index >= 15 is 0 Å². The van der Waals surface area contributed by atoms with E-state index in [1.807, 2.05) is 12.1 Å². The van der Waals surface area contributed by atoms with Crippen molar-refractivity contribution in [1.82, 2.24) is 13.5 Å². The summed E-state index contributed by atoms with van der Waals surface area (Å²) in [6, 6.07) is 7.38. The summed E-state index contributed by atoms with van der Waals surface area (Å²) in [5, 5.41) is 0. The van der Waals surface area contributed by atoms with Crippen LogP contribution in [0.2, 0.25) is 0 Å². The summed E-state index contributed by atoms with van der Waals surface area (Å²) >= 11 is 0. The van der Waals surface area contributed by atoms with E-state index in [1.165, 1.54) is 23.6 Å². The lowest BCUT2D eigenvalue weighted by Gasteiger charge is -2.38. The molecule has 3 aliphatic rings. The number of amides is 1. The van der Waals surface area contributed by atoms with Crippen molar-refractivity contribution < 1.29 is 17.9 Å². The first-order chi connectivity index (χ1) is 14.4. The van der Waals surface area contributed by atoms with Crippen LogP contribution in [0.25, 0.3) is 0 Å². The molecule has 1 saturated heterocycles. The fourth-order valence-corrected chi connectivity index (χ4v) is 5.89. The van der Waals surface area contributed by atoms with Gasteiger partial charge >= 0.3 is 0 Å². The number of benzene rings is 1. The normalized spacial score (nSPS) is 21.7. The molecule has 2 aliphatic carbocycles. The maximum atomic E-state index is 13.0. The Bertz CT molecular complexity index is 824. The molecule has 0 aromatic heterocycles. The lowest BCUT2D eigenvalue weighted by atomic mass is 9.96. The third-order valence-corrected chi connectivity index (χ3v) is 8.63. The Balaban J connectivity index is 1.30. The molecule has 1 aliphatic heterocycles. The summed E-state index contributed by atoms with van der Waals surface area (Å²) in [5.74, 6) is 1.43. The second-order valence-corrected chi connectivity index (χ2v) is 10.8. The van der Waals surface area contributed by atoms with Gasteiger partial charge in [-0.25, -0.2) is 0 Å². The molecule has 2 saturated carbocycles. The van der Waals surface area contributed by atoms with Crippen molar-refractivity contribution in [1.29, 1.82) is 0 Å².